The summed E-state index contributed by atoms with van der Waals surface area (Å²) in [5.41, 5.74) is 4.30. The predicted molar refractivity (Wildman–Crippen MR) is 120 cm³/mol. The highest BCUT2D eigenvalue weighted by molar-refractivity contribution is 7.80. The van der Waals surface area contributed by atoms with E-state index in [2.05, 4.69) is 10.6 Å². The minimum atomic E-state index is -0.453. The van der Waals surface area contributed by atoms with E-state index >= 15 is 0 Å². The Morgan fingerprint density at radius 3 is 2.40 bits per heavy atom. The molecule has 0 bridgehead atoms. The molecule has 1 heterocycles. The SMILES string of the molecule is CCOC(=O)c1ccc(NC(=S)NC(=O)c2ccc(-c3ccc(C)c(C)c3)o2)cc1. The van der Waals surface area contributed by atoms with Crippen molar-refractivity contribution in [1.29, 1.82) is 0 Å². The first kappa shape index (κ1) is 21.3. The lowest BCUT2D eigenvalue weighted by atomic mass is 10.1. The van der Waals surface area contributed by atoms with Crippen molar-refractivity contribution in [1.82, 2.24) is 5.32 Å². The monoisotopic (exact) mass is 422 g/mol. The molecule has 6 nitrogen and oxygen atoms in total. The summed E-state index contributed by atoms with van der Waals surface area (Å²) in [5, 5.41) is 5.60. The third-order valence-corrected chi connectivity index (χ3v) is 4.71. The summed E-state index contributed by atoms with van der Waals surface area (Å²) in [4.78, 5) is 24.1. The third kappa shape index (κ3) is 5.12. The van der Waals surface area contributed by atoms with Crippen molar-refractivity contribution in [2.24, 2.45) is 0 Å². The Morgan fingerprint density at radius 1 is 1.00 bits per heavy atom. The van der Waals surface area contributed by atoms with Crippen LogP contribution < -0.4 is 10.6 Å². The molecule has 2 aromatic carbocycles. The van der Waals surface area contributed by atoms with Crippen LogP contribution in [0, 0.1) is 13.8 Å². The first-order valence-electron chi connectivity index (χ1n) is 9.44. The van der Waals surface area contributed by atoms with Crippen LogP contribution in [0.4, 0.5) is 5.69 Å². The number of aryl methyl sites for hydroxylation is 2. The number of esters is 1. The van der Waals surface area contributed by atoms with Gasteiger partial charge in [0.2, 0.25) is 0 Å². The highest BCUT2D eigenvalue weighted by Gasteiger charge is 2.14. The molecule has 0 fully saturated rings. The average molecular weight is 423 g/mol. The summed E-state index contributed by atoms with van der Waals surface area (Å²) in [6.07, 6.45) is 0. The number of carbonyl (C=O) groups excluding carboxylic acids is 2. The second kappa shape index (κ2) is 9.37. The van der Waals surface area contributed by atoms with Crippen LogP contribution in [0.3, 0.4) is 0 Å². The van der Waals surface area contributed by atoms with Gasteiger partial charge in [0.05, 0.1) is 12.2 Å². The van der Waals surface area contributed by atoms with E-state index in [-0.39, 0.29) is 10.9 Å². The Morgan fingerprint density at radius 2 is 1.73 bits per heavy atom. The number of hydrogen-bond donors (Lipinski definition) is 2. The van der Waals surface area contributed by atoms with Crippen LogP contribution in [-0.4, -0.2) is 23.6 Å². The van der Waals surface area contributed by atoms with Crippen molar-refractivity contribution < 1.29 is 18.7 Å². The molecule has 30 heavy (non-hydrogen) atoms. The van der Waals surface area contributed by atoms with Gasteiger partial charge in [0.15, 0.2) is 10.9 Å². The molecule has 0 aliphatic rings. The number of nitrogens with one attached hydrogen (secondary N) is 2. The molecule has 0 spiro atoms. The van der Waals surface area contributed by atoms with Gasteiger partial charge in [-0.25, -0.2) is 4.79 Å². The van der Waals surface area contributed by atoms with Gasteiger partial charge in [-0.1, -0.05) is 12.1 Å². The van der Waals surface area contributed by atoms with Crippen LogP contribution >= 0.6 is 12.2 Å². The molecule has 0 atom stereocenters. The van der Waals surface area contributed by atoms with Crippen LogP contribution in [-0.2, 0) is 4.74 Å². The first-order valence-corrected chi connectivity index (χ1v) is 9.85. The number of thiocarbonyl (C=S) groups is 1. The lowest BCUT2D eigenvalue weighted by Gasteiger charge is -2.09. The van der Waals surface area contributed by atoms with Crippen LogP contribution in [0.15, 0.2) is 59.0 Å². The maximum absolute atomic E-state index is 12.4. The maximum atomic E-state index is 12.4. The third-order valence-electron chi connectivity index (χ3n) is 4.50. The Bertz CT molecular complexity index is 1090. The van der Waals surface area contributed by atoms with Gasteiger partial charge in [0.25, 0.3) is 5.91 Å². The van der Waals surface area contributed by atoms with E-state index in [1.807, 2.05) is 32.0 Å². The van der Waals surface area contributed by atoms with Crippen molar-refractivity contribution in [3.63, 3.8) is 0 Å². The summed E-state index contributed by atoms with van der Waals surface area (Å²) >= 11 is 5.19. The van der Waals surface area contributed by atoms with E-state index in [0.29, 0.717) is 23.6 Å². The minimum Gasteiger partial charge on any atom is -0.462 e. The van der Waals surface area contributed by atoms with Crippen molar-refractivity contribution >= 4 is 34.9 Å². The second-order valence-electron chi connectivity index (χ2n) is 6.67. The van der Waals surface area contributed by atoms with Crippen molar-refractivity contribution in [3.8, 4) is 11.3 Å². The molecule has 2 N–H and O–H groups in total. The molecule has 3 rings (SSSR count). The average Bonchev–Trinajstić information content (AvgIpc) is 3.21. The number of furan rings is 1. The fourth-order valence-electron chi connectivity index (χ4n) is 2.74. The topological polar surface area (TPSA) is 80.6 Å². The second-order valence-corrected chi connectivity index (χ2v) is 7.08. The van der Waals surface area contributed by atoms with Crippen molar-refractivity contribution in [2.45, 2.75) is 20.8 Å². The maximum Gasteiger partial charge on any atom is 0.338 e. The molecule has 0 unspecified atom stereocenters. The summed E-state index contributed by atoms with van der Waals surface area (Å²) in [5.74, 6) is -0.0789. The predicted octanol–water partition coefficient (Wildman–Crippen LogP) is 4.87. The standard InChI is InChI=1S/C23H22N2O4S/c1-4-28-22(27)16-7-9-18(10-8-16)24-23(30)25-21(26)20-12-11-19(29-20)17-6-5-14(2)15(3)13-17/h5-13H,4H2,1-3H3,(H2,24,25,26,30). The van der Waals surface area contributed by atoms with Gasteiger partial charge in [0.1, 0.15) is 5.76 Å². The largest absolute Gasteiger partial charge is 0.462 e. The van der Waals surface area contributed by atoms with E-state index in [1.54, 1.807) is 43.3 Å². The lowest BCUT2D eigenvalue weighted by molar-refractivity contribution is 0.0526. The van der Waals surface area contributed by atoms with E-state index in [4.69, 9.17) is 21.4 Å². The number of anilines is 1. The van der Waals surface area contributed by atoms with Crippen LogP contribution in [0.5, 0.6) is 0 Å². The molecule has 7 heteroatoms. The Hall–Kier alpha value is -3.45. The summed E-state index contributed by atoms with van der Waals surface area (Å²) in [7, 11) is 0. The lowest BCUT2D eigenvalue weighted by Crippen LogP contribution is -2.33. The summed E-state index contributed by atoms with van der Waals surface area (Å²) in [6.45, 7) is 6.13. The van der Waals surface area contributed by atoms with E-state index < -0.39 is 11.9 Å². The molecule has 0 aliphatic carbocycles. The van der Waals surface area contributed by atoms with Crippen LogP contribution in [0.2, 0.25) is 0 Å². The quantitative estimate of drug-likeness (QED) is 0.451. The fourth-order valence-corrected chi connectivity index (χ4v) is 2.95. The van der Waals surface area contributed by atoms with Crippen LogP contribution in [0.25, 0.3) is 11.3 Å². The Balaban J connectivity index is 1.61. The highest BCUT2D eigenvalue weighted by Crippen LogP contribution is 2.24. The minimum absolute atomic E-state index is 0.119. The first-order chi connectivity index (χ1) is 14.4. The van der Waals surface area contributed by atoms with E-state index in [9.17, 15) is 9.59 Å². The van der Waals surface area contributed by atoms with E-state index in [0.717, 1.165) is 11.1 Å². The molecular formula is C23H22N2O4S. The van der Waals surface area contributed by atoms with Gasteiger partial charge in [-0.05, 0) is 86.6 Å². The van der Waals surface area contributed by atoms with Gasteiger partial charge >= 0.3 is 5.97 Å². The molecule has 0 saturated heterocycles. The Labute approximate surface area is 180 Å². The Kier molecular flexibility index (Phi) is 6.64. The number of amides is 1. The molecule has 0 radical (unpaired) electrons. The van der Waals surface area contributed by atoms with Gasteiger partial charge in [0, 0.05) is 11.3 Å². The molecule has 154 valence electrons. The molecule has 3 aromatic rings. The molecule has 0 aliphatic heterocycles. The number of hydrogen-bond acceptors (Lipinski definition) is 5. The van der Waals surface area contributed by atoms with Crippen molar-refractivity contribution in [3.05, 3.63) is 77.0 Å². The number of benzene rings is 2. The van der Waals surface area contributed by atoms with E-state index in [1.165, 1.54) is 5.56 Å². The zero-order chi connectivity index (χ0) is 21.7. The van der Waals surface area contributed by atoms with Gasteiger partial charge in [-0.3, -0.25) is 10.1 Å². The van der Waals surface area contributed by atoms with Gasteiger partial charge in [-0.2, -0.15) is 0 Å². The summed E-state index contributed by atoms with van der Waals surface area (Å²) in [6, 6.07) is 15.9. The number of carbonyl (C=O) groups is 2. The summed E-state index contributed by atoms with van der Waals surface area (Å²) < 4.78 is 10.6. The van der Waals surface area contributed by atoms with Gasteiger partial charge in [-0.15, -0.1) is 0 Å². The molecule has 1 amide bonds. The zero-order valence-corrected chi connectivity index (χ0v) is 17.8. The van der Waals surface area contributed by atoms with Crippen LogP contribution in [0.1, 0.15) is 39.0 Å². The zero-order valence-electron chi connectivity index (χ0n) is 16.9. The number of ether oxygens (including phenoxy) is 1. The molecule has 0 saturated carbocycles. The smallest absolute Gasteiger partial charge is 0.338 e. The molecular weight excluding hydrogens is 400 g/mol. The fraction of sp³-hybridized carbons (Fsp3) is 0.174. The molecule has 1 aromatic heterocycles. The number of rotatable bonds is 5. The highest BCUT2D eigenvalue weighted by atomic mass is 32.1. The van der Waals surface area contributed by atoms with Crippen molar-refractivity contribution in [2.75, 3.05) is 11.9 Å². The normalized spacial score (nSPS) is 10.4. The van der Waals surface area contributed by atoms with Gasteiger partial charge < -0.3 is 14.5 Å².